The SMILES string of the molecule is CCCc1nnc2cc(F)ccc2c1CC(=O)OC. The Morgan fingerprint density at radius 1 is 1.37 bits per heavy atom. The predicted octanol–water partition coefficient (Wildman–Crippen LogP) is 2.44. The molecule has 2 rings (SSSR count). The molecule has 0 amide bonds. The average molecular weight is 262 g/mol. The number of methoxy groups -OCH3 is 1. The molecule has 0 aliphatic rings. The number of nitrogens with zero attached hydrogens (tertiary/aromatic N) is 2. The molecule has 0 radical (unpaired) electrons. The molecular weight excluding hydrogens is 247 g/mol. The second-order valence-electron chi connectivity index (χ2n) is 4.29. The molecular formula is C14H15FN2O2. The van der Waals surface area contributed by atoms with Gasteiger partial charge in [0.2, 0.25) is 0 Å². The summed E-state index contributed by atoms with van der Waals surface area (Å²) in [5.41, 5.74) is 2.00. The molecule has 100 valence electrons. The molecule has 0 aliphatic heterocycles. The van der Waals surface area contributed by atoms with E-state index in [0.717, 1.165) is 29.5 Å². The van der Waals surface area contributed by atoms with Crippen molar-refractivity contribution in [3.8, 4) is 0 Å². The van der Waals surface area contributed by atoms with E-state index < -0.39 is 0 Å². The normalized spacial score (nSPS) is 10.7. The largest absolute Gasteiger partial charge is 0.469 e. The van der Waals surface area contributed by atoms with E-state index in [-0.39, 0.29) is 18.2 Å². The van der Waals surface area contributed by atoms with Crippen LogP contribution in [-0.4, -0.2) is 23.3 Å². The maximum atomic E-state index is 13.2. The lowest BCUT2D eigenvalue weighted by Crippen LogP contribution is -2.10. The van der Waals surface area contributed by atoms with E-state index in [1.54, 1.807) is 6.07 Å². The van der Waals surface area contributed by atoms with Crippen molar-refractivity contribution in [2.24, 2.45) is 0 Å². The number of halogens is 1. The molecule has 0 aliphatic carbocycles. The van der Waals surface area contributed by atoms with Crippen LogP contribution in [0.4, 0.5) is 4.39 Å². The van der Waals surface area contributed by atoms with E-state index in [0.29, 0.717) is 5.52 Å². The smallest absolute Gasteiger partial charge is 0.310 e. The van der Waals surface area contributed by atoms with E-state index in [9.17, 15) is 9.18 Å². The highest BCUT2D eigenvalue weighted by atomic mass is 19.1. The Morgan fingerprint density at radius 3 is 2.84 bits per heavy atom. The lowest BCUT2D eigenvalue weighted by atomic mass is 10.0. The van der Waals surface area contributed by atoms with Gasteiger partial charge in [0.1, 0.15) is 5.82 Å². The fraction of sp³-hybridized carbons (Fsp3) is 0.357. The highest BCUT2D eigenvalue weighted by molar-refractivity contribution is 5.86. The molecule has 0 bridgehead atoms. The Balaban J connectivity index is 2.58. The fourth-order valence-electron chi connectivity index (χ4n) is 2.02. The van der Waals surface area contributed by atoms with Gasteiger partial charge in [-0.3, -0.25) is 4.79 Å². The van der Waals surface area contributed by atoms with Crippen LogP contribution in [0.15, 0.2) is 18.2 Å². The van der Waals surface area contributed by atoms with Crippen LogP contribution in [0.5, 0.6) is 0 Å². The van der Waals surface area contributed by atoms with Crippen molar-refractivity contribution in [3.05, 3.63) is 35.3 Å². The lowest BCUT2D eigenvalue weighted by molar-refractivity contribution is -0.139. The molecule has 2 aromatic rings. The molecule has 0 saturated heterocycles. The number of esters is 1. The third-order valence-electron chi connectivity index (χ3n) is 2.95. The van der Waals surface area contributed by atoms with E-state index in [1.165, 1.54) is 19.2 Å². The van der Waals surface area contributed by atoms with E-state index in [2.05, 4.69) is 10.2 Å². The first kappa shape index (κ1) is 13.4. The summed E-state index contributed by atoms with van der Waals surface area (Å²) in [5.74, 6) is -0.704. The third-order valence-corrected chi connectivity index (χ3v) is 2.95. The second kappa shape index (κ2) is 5.73. The summed E-state index contributed by atoms with van der Waals surface area (Å²) in [6.07, 6.45) is 1.76. The van der Waals surface area contributed by atoms with Gasteiger partial charge in [0, 0.05) is 11.5 Å². The standard InChI is InChI=1S/C14H15FN2O2/c1-3-4-12-11(8-14(18)19-2)10-6-5-9(15)7-13(10)17-16-12/h5-7H,3-4,8H2,1-2H3. The zero-order valence-electron chi connectivity index (χ0n) is 10.9. The summed E-state index contributed by atoms with van der Waals surface area (Å²) in [4.78, 5) is 11.5. The van der Waals surface area contributed by atoms with Crippen molar-refractivity contribution in [3.63, 3.8) is 0 Å². The number of carbonyl (C=O) groups excluding carboxylic acids is 1. The van der Waals surface area contributed by atoms with Crippen LogP contribution >= 0.6 is 0 Å². The van der Waals surface area contributed by atoms with Gasteiger partial charge >= 0.3 is 5.97 Å². The molecule has 0 atom stereocenters. The lowest BCUT2D eigenvalue weighted by Gasteiger charge is -2.09. The Hall–Kier alpha value is -2.04. The van der Waals surface area contributed by atoms with Crippen LogP contribution < -0.4 is 0 Å². The minimum Gasteiger partial charge on any atom is -0.469 e. The van der Waals surface area contributed by atoms with Crippen LogP contribution in [0.1, 0.15) is 24.6 Å². The number of aromatic nitrogens is 2. The van der Waals surface area contributed by atoms with E-state index in [4.69, 9.17) is 4.74 Å². The monoisotopic (exact) mass is 262 g/mol. The fourth-order valence-corrected chi connectivity index (χ4v) is 2.02. The minimum atomic E-state index is -0.367. The maximum absolute atomic E-state index is 13.2. The van der Waals surface area contributed by atoms with Gasteiger partial charge in [-0.15, -0.1) is 0 Å². The molecule has 0 spiro atoms. The van der Waals surface area contributed by atoms with Crippen LogP contribution in [0, 0.1) is 5.82 Å². The van der Waals surface area contributed by atoms with E-state index >= 15 is 0 Å². The van der Waals surface area contributed by atoms with Gasteiger partial charge in [-0.1, -0.05) is 13.3 Å². The van der Waals surface area contributed by atoms with Gasteiger partial charge in [0.15, 0.2) is 0 Å². The number of benzene rings is 1. The van der Waals surface area contributed by atoms with Gasteiger partial charge in [0.25, 0.3) is 0 Å². The second-order valence-corrected chi connectivity index (χ2v) is 4.29. The van der Waals surface area contributed by atoms with Crippen molar-refractivity contribution in [1.82, 2.24) is 10.2 Å². The van der Waals surface area contributed by atoms with Crippen molar-refractivity contribution >= 4 is 16.9 Å². The first-order valence-electron chi connectivity index (χ1n) is 6.16. The summed E-state index contributed by atoms with van der Waals surface area (Å²) in [7, 11) is 1.35. The molecule has 0 fully saturated rings. The average Bonchev–Trinajstić information content (AvgIpc) is 2.41. The third kappa shape index (κ3) is 2.86. The predicted molar refractivity (Wildman–Crippen MR) is 69.2 cm³/mol. The highest BCUT2D eigenvalue weighted by Crippen LogP contribution is 2.21. The Bertz CT molecular complexity index is 614. The van der Waals surface area contributed by atoms with E-state index in [1.807, 2.05) is 6.92 Å². The van der Waals surface area contributed by atoms with Gasteiger partial charge in [-0.2, -0.15) is 10.2 Å². The van der Waals surface area contributed by atoms with Crippen LogP contribution in [-0.2, 0) is 22.4 Å². The molecule has 5 heteroatoms. The maximum Gasteiger partial charge on any atom is 0.310 e. The van der Waals surface area contributed by atoms with Crippen molar-refractivity contribution in [2.45, 2.75) is 26.2 Å². The Kier molecular flexibility index (Phi) is 4.04. The first-order valence-corrected chi connectivity index (χ1v) is 6.16. The molecule has 1 aromatic heterocycles. The molecule has 0 unspecified atom stereocenters. The highest BCUT2D eigenvalue weighted by Gasteiger charge is 2.14. The molecule has 4 nitrogen and oxygen atoms in total. The molecule has 1 heterocycles. The number of ether oxygens (including phenoxy) is 1. The Labute approximate surface area is 110 Å². The number of aryl methyl sites for hydroxylation is 1. The minimum absolute atomic E-state index is 0.128. The number of hydrogen-bond donors (Lipinski definition) is 0. The van der Waals surface area contributed by atoms with Gasteiger partial charge in [0.05, 0.1) is 24.7 Å². The number of fused-ring (bicyclic) bond motifs is 1. The van der Waals surface area contributed by atoms with Crippen molar-refractivity contribution in [2.75, 3.05) is 7.11 Å². The van der Waals surface area contributed by atoms with Gasteiger partial charge in [-0.05, 0) is 24.1 Å². The summed E-state index contributed by atoms with van der Waals surface area (Å²) in [6, 6.07) is 4.32. The summed E-state index contributed by atoms with van der Waals surface area (Å²) >= 11 is 0. The zero-order chi connectivity index (χ0) is 13.8. The molecule has 1 aromatic carbocycles. The summed E-state index contributed by atoms with van der Waals surface area (Å²) in [5, 5.41) is 8.87. The van der Waals surface area contributed by atoms with Crippen molar-refractivity contribution < 1.29 is 13.9 Å². The van der Waals surface area contributed by atoms with Gasteiger partial charge < -0.3 is 4.74 Å². The summed E-state index contributed by atoms with van der Waals surface area (Å²) in [6.45, 7) is 2.03. The molecule has 0 saturated carbocycles. The Morgan fingerprint density at radius 2 is 2.16 bits per heavy atom. The van der Waals surface area contributed by atoms with Crippen LogP contribution in [0.3, 0.4) is 0 Å². The quantitative estimate of drug-likeness (QED) is 0.794. The van der Waals surface area contributed by atoms with Crippen LogP contribution in [0.25, 0.3) is 10.9 Å². The molecule has 19 heavy (non-hydrogen) atoms. The number of rotatable bonds is 4. The zero-order valence-corrected chi connectivity index (χ0v) is 10.9. The van der Waals surface area contributed by atoms with Gasteiger partial charge in [-0.25, -0.2) is 4.39 Å². The van der Waals surface area contributed by atoms with Crippen molar-refractivity contribution in [1.29, 1.82) is 0 Å². The summed E-state index contributed by atoms with van der Waals surface area (Å²) < 4.78 is 17.9. The van der Waals surface area contributed by atoms with Crippen LogP contribution in [0.2, 0.25) is 0 Å². The first-order chi connectivity index (χ1) is 9.15. The number of carbonyl (C=O) groups is 1. The number of hydrogen-bond acceptors (Lipinski definition) is 4. The molecule has 0 N–H and O–H groups in total. The topological polar surface area (TPSA) is 52.1 Å².